The summed E-state index contributed by atoms with van der Waals surface area (Å²) in [6, 6.07) is 16.6. The van der Waals surface area contributed by atoms with E-state index < -0.39 is 10.0 Å². The Labute approximate surface area is 209 Å². The molecule has 0 saturated heterocycles. The number of fused-ring (bicyclic) bond motifs is 1. The van der Waals surface area contributed by atoms with Crippen LogP contribution in [0.4, 0.5) is 0 Å². The van der Waals surface area contributed by atoms with Crippen LogP contribution in [0.15, 0.2) is 82.7 Å². The molecule has 4 aromatic rings. The van der Waals surface area contributed by atoms with E-state index in [0.29, 0.717) is 35.1 Å². The zero-order valence-corrected chi connectivity index (χ0v) is 20.9. The van der Waals surface area contributed by atoms with Gasteiger partial charge in [0.15, 0.2) is 0 Å². The second kappa shape index (κ2) is 10.8. The third-order valence-electron chi connectivity index (χ3n) is 5.88. The Balaban J connectivity index is 1.56. The first kappa shape index (κ1) is 25.2. The highest BCUT2D eigenvalue weighted by molar-refractivity contribution is 7.89. The highest BCUT2D eigenvalue weighted by Crippen LogP contribution is 2.17. The van der Waals surface area contributed by atoms with Gasteiger partial charge in [-0.15, -0.1) is 0 Å². The Morgan fingerprint density at radius 2 is 1.67 bits per heavy atom. The maximum Gasteiger partial charge on any atom is 0.274 e. The first-order chi connectivity index (χ1) is 17.3. The summed E-state index contributed by atoms with van der Waals surface area (Å²) in [4.78, 5) is 30.0. The SMILES string of the molecule is CCN(CC)S(=O)(=O)c1ccc(C(=O)NCc2nn(Cc3cccnc3)c(=O)c3ccccc23)cc1. The van der Waals surface area contributed by atoms with Crippen LogP contribution < -0.4 is 10.9 Å². The lowest BCUT2D eigenvalue weighted by molar-refractivity contribution is 0.0950. The van der Waals surface area contributed by atoms with Crippen molar-refractivity contribution in [2.24, 2.45) is 0 Å². The number of pyridine rings is 1. The molecular formula is C26H27N5O4S. The Bertz CT molecular complexity index is 1530. The molecule has 0 unspecified atom stereocenters. The maximum absolute atomic E-state index is 13.0. The Morgan fingerprint density at radius 3 is 2.31 bits per heavy atom. The molecule has 0 fully saturated rings. The van der Waals surface area contributed by atoms with Gasteiger partial charge in [-0.1, -0.05) is 38.1 Å². The number of aromatic nitrogens is 3. The lowest BCUT2D eigenvalue weighted by Crippen LogP contribution is -2.30. The molecule has 0 aliphatic heterocycles. The first-order valence-corrected chi connectivity index (χ1v) is 13.0. The van der Waals surface area contributed by atoms with E-state index in [-0.39, 0.29) is 29.5 Å². The zero-order chi connectivity index (χ0) is 25.7. The summed E-state index contributed by atoms with van der Waals surface area (Å²) in [5.41, 5.74) is 1.47. The van der Waals surface area contributed by atoms with Gasteiger partial charge in [-0.25, -0.2) is 13.1 Å². The van der Waals surface area contributed by atoms with Crippen molar-refractivity contribution >= 4 is 26.7 Å². The molecule has 2 aromatic carbocycles. The molecule has 0 aliphatic carbocycles. The molecule has 9 nitrogen and oxygen atoms in total. The van der Waals surface area contributed by atoms with Crippen LogP contribution >= 0.6 is 0 Å². The number of nitrogens with one attached hydrogen (secondary N) is 1. The van der Waals surface area contributed by atoms with Crippen molar-refractivity contribution in [1.82, 2.24) is 24.4 Å². The second-order valence-electron chi connectivity index (χ2n) is 8.11. The first-order valence-electron chi connectivity index (χ1n) is 11.6. The summed E-state index contributed by atoms with van der Waals surface area (Å²) in [5, 5.41) is 8.52. The summed E-state index contributed by atoms with van der Waals surface area (Å²) in [5.74, 6) is -0.377. The quantitative estimate of drug-likeness (QED) is 0.374. The summed E-state index contributed by atoms with van der Waals surface area (Å²) >= 11 is 0. The number of amides is 1. The number of hydrogen-bond acceptors (Lipinski definition) is 6. The van der Waals surface area contributed by atoms with Crippen molar-refractivity contribution < 1.29 is 13.2 Å². The summed E-state index contributed by atoms with van der Waals surface area (Å²) < 4.78 is 28.1. The average molecular weight is 506 g/mol. The molecule has 0 radical (unpaired) electrons. The predicted molar refractivity (Wildman–Crippen MR) is 137 cm³/mol. The minimum absolute atomic E-state index is 0.0894. The molecule has 0 aliphatic rings. The molecule has 2 aromatic heterocycles. The van der Waals surface area contributed by atoms with Gasteiger partial charge in [0.1, 0.15) is 0 Å². The molecular weight excluding hydrogens is 478 g/mol. The Hall–Kier alpha value is -3.89. The Kier molecular flexibility index (Phi) is 7.56. The lowest BCUT2D eigenvalue weighted by Gasteiger charge is -2.18. The summed E-state index contributed by atoms with van der Waals surface area (Å²) in [7, 11) is -3.60. The van der Waals surface area contributed by atoms with E-state index in [4.69, 9.17) is 0 Å². The van der Waals surface area contributed by atoms with Crippen LogP contribution in [0.1, 0.15) is 35.5 Å². The molecule has 0 atom stereocenters. The van der Waals surface area contributed by atoms with Crippen LogP contribution in [0, 0.1) is 0 Å². The molecule has 1 amide bonds. The minimum Gasteiger partial charge on any atom is -0.346 e. The van der Waals surface area contributed by atoms with E-state index in [9.17, 15) is 18.0 Å². The predicted octanol–water partition coefficient (Wildman–Crippen LogP) is 2.80. The third-order valence-corrected chi connectivity index (χ3v) is 7.94. The highest BCUT2D eigenvalue weighted by atomic mass is 32.2. The number of sulfonamides is 1. The highest BCUT2D eigenvalue weighted by Gasteiger charge is 2.21. The van der Waals surface area contributed by atoms with Gasteiger partial charge in [-0.2, -0.15) is 9.40 Å². The molecule has 0 saturated carbocycles. The van der Waals surface area contributed by atoms with Crippen molar-refractivity contribution in [3.05, 3.63) is 100 Å². The largest absolute Gasteiger partial charge is 0.346 e. The van der Waals surface area contributed by atoms with Crippen molar-refractivity contribution in [2.45, 2.75) is 31.8 Å². The number of hydrogen-bond donors (Lipinski definition) is 1. The van der Waals surface area contributed by atoms with Crippen molar-refractivity contribution in [1.29, 1.82) is 0 Å². The van der Waals surface area contributed by atoms with E-state index in [1.54, 1.807) is 50.5 Å². The summed E-state index contributed by atoms with van der Waals surface area (Å²) in [6.45, 7) is 4.63. The van der Waals surface area contributed by atoms with E-state index in [2.05, 4.69) is 15.4 Å². The minimum atomic E-state index is -3.60. The van der Waals surface area contributed by atoms with Gasteiger partial charge in [0.05, 0.1) is 29.1 Å². The fraction of sp³-hybridized carbons (Fsp3) is 0.231. The molecule has 186 valence electrons. The monoisotopic (exact) mass is 505 g/mol. The number of nitrogens with zero attached hydrogens (tertiary/aromatic N) is 4. The smallest absolute Gasteiger partial charge is 0.274 e. The standard InChI is InChI=1S/C26H27N5O4S/c1-3-30(4-2)36(34,35)21-13-11-20(12-14-21)25(32)28-17-24-22-9-5-6-10-23(22)26(33)31(29-24)18-19-8-7-15-27-16-19/h5-16H,3-4,17-18H2,1-2H3,(H,28,32). The van der Waals surface area contributed by atoms with Gasteiger partial charge >= 0.3 is 0 Å². The summed E-state index contributed by atoms with van der Waals surface area (Å²) in [6.07, 6.45) is 3.33. The van der Waals surface area contributed by atoms with Gasteiger partial charge in [0.25, 0.3) is 11.5 Å². The second-order valence-corrected chi connectivity index (χ2v) is 10.1. The van der Waals surface area contributed by atoms with Crippen LogP contribution in [0.25, 0.3) is 10.8 Å². The molecule has 0 spiro atoms. The van der Waals surface area contributed by atoms with Gasteiger partial charge in [-0.05, 0) is 42.0 Å². The normalized spacial score (nSPS) is 11.6. The van der Waals surface area contributed by atoms with E-state index in [1.807, 2.05) is 12.1 Å². The molecule has 10 heteroatoms. The molecule has 2 heterocycles. The van der Waals surface area contributed by atoms with Crippen molar-refractivity contribution in [3.8, 4) is 0 Å². The van der Waals surface area contributed by atoms with Crippen LogP contribution in [0.2, 0.25) is 0 Å². The topological polar surface area (TPSA) is 114 Å². The number of carbonyl (C=O) groups excluding carboxylic acids is 1. The van der Waals surface area contributed by atoms with Crippen LogP contribution in [-0.2, 0) is 23.1 Å². The number of benzene rings is 2. The fourth-order valence-electron chi connectivity index (χ4n) is 3.96. The van der Waals surface area contributed by atoms with Crippen molar-refractivity contribution in [3.63, 3.8) is 0 Å². The molecule has 0 bridgehead atoms. The van der Waals surface area contributed by atoms with Gasteiger partial charge in [0.2, 0.25) is 10.0 Å². The zero-order valence-electron chi connectivity index (χ0n) is 20.1. The van der Waals surface area contributed by atoms with Gasteiger partial charge in [0, 0.05) is 36.4 Å². The van der Waals surface area contributed by atoms with Crippen LogP contribution in [0.3, 0.4) is 0 Å². The Morgan fingerprint density at radius 1 is 0.972 bits per heavy atom. The number of carbonyl (C=O) groups is 1. The fourth-order valence-corrected chi connectivity index (χ4v) is 5.42. The number of rotatable bonds is 9. The lowest BCUT2D eigenvalue weighted by atomic mass is 10.1. The molecule has 4 rings (SSSR count). The van der Waals surface area contributed by atoms with Crippen LogP contribution in [-0.4, -0.2) is 46.5 Å². The molecule has 36 heavy (non-hydrogen) atoms. The van der Waals surface area contributed by atoms with E-state index in [0.717, 1.165) is 5.56 Å². The van der Waals surface area contributed by atoms with Crippen molar-refractivity contribution in [2.75, 3.05) is 13.1 Å². The van der Waals surface area contributed by atoms with E-state index in [1.165, 1.54) is 33.3 Å². The van der Waals surface area contributed by atoms with Crippen LogP contribution in [0.5, 0.6) is 0 Å². The van der Waals surface area contributed by atoms with Gasteiger partial charge in [-0.3, -0.25) is 14.6 Å². The van der Waals surface area contributed by atoms with Gasteiger partial charge < -0.3 is 5.32 Å². The maximum atomic E-state index is 13.0. The average Bonchev–Trinajstić information content (AvgIpc) is 2.90. The molecule has 1 N–H and O–H groups in total. The van der Waals surface area contributed by atoms with E-state index >= 15 is 0 Å². The third kappa shape index (κ3) is 5.19.